The molecule has 0 saturated heterocycles. The lowest BCUT2D eigenvalue weighted by Crippen LogP contribution is -2.41. The van der Waals surface area contributed by atoms with Gasteiger partial charge in [0.15, 0.2) is 5.25 Å². The van der Waals surface area contributed by atoms with Crippen LogP contribution in [0.1, 0.15) is 32.8 Å². The van der Waals surface area contributed by atoms with Crippen molar-refractivity contribution in [1.82, 2.24) is 4.31 Å². The third kappa shape index (κ3) is 3.79. The predicted molar refractivity (Wildman–Crippen MR) is 75.7 cm³/mol. The van der Waals surface area contributed by atoms with Gasteiger partial charge in [0.05, 0.1) is 6.07 Å². The van der Waals surface area contributed by atoms with Crippen LogP contribution in [0.4, 0.5) is 0 Å². The molecular formula is C14H20N2O2S. The van der Waals surface area contributed by atoms with Crippen LogP contribution in [-0.2, 0) is 16.6 Å². The molecule has 0 fully saturated rings. The molecule has 5 heteroatoms. The van der Waals surface area contributed by atoms with Crippen molar-refractivity contribution in [1.29, 1.82) is 5.26 Å². The Bertz CT molecular complexity index is 532. The SMILES string of the molecule is CCC(C#N)S(=O)(=O)N(Cc1ccccc1)C(C)C. The van der Waals surface area contributed by atoms with E-state index in [4.69, 9.17) is 5.26 Å². The van der Waals surface area contributed by atoms with Crippen LogP contribution in [0.3, 0.4) is 0 Å². The van der Waals surface area contributed by atoms with Crippen LogP contribution < -0.4 is 0 Å². The van der Waals surface area contributed by atoms with Gasteiger partial charge in [-0.2, -0.15) is 9.57 Å². The highest BCUT2D eigenvalue weighted by Gasteiger charge is 2.32. The summed E-state index contributed by atoms with van der Waals surface area (Å²) in [6.07, 6.45) is 0.302. The summed E-state index contributed by atoms with van der Waals surface area (Å²) in [5, 5.41) is 8.03. The Balaban J connectivity index is 3.06. The van der Waals surface area contributed by atoms with E-state index in [-0.39, 0.29) is 6.04 Å². The molecular weight excluding hydrogens is 260 g/mol. The molecule has 0 spiro atoms. The highest BCUT2D eigenvalue weighted by Crippen LogP contribution is 2.18. The van der Waals surface area contributed by atoms with E-state index in [0.29, 0.717) is 13.0 Å². The summed E-state index contributed by atoms with van der Waals surface area (Å²) < 4.78 is 26.3. The minimum atomic E-state index is -3.59. The standard InChI is InChI=1S/C14H20N2O2S/c1-4-14(10-15)19(17,18)16(12(2)3)11-13-8-6-5-7-9-13/h5-9,12,14H,4,11H2,1-3H3. The summed E-state index contributed by atoms with van der Waals surface area (Å²) in [4.78, 5) is 0. The number of sulfonamides is 1. The van der Waals surface area contributed by atoms with Crippen LogP contribution in [0.25, 0.3) is 0 Å². The lowest BCUT2D eigenvalue weighted by molar-refractivity contribution is 0.345. The molecule has 1 unspecified atom stereocenters. The Morgan fingerprint density at radius 3 is 2.26 bits per heavy atom. The van der Waals surface area contributed by atoms with Gasteiger partial charge >= 0.3 is 0 Å². The largest absolute Gasteiger partial charge is 0.231 e. The van der Waals surface area contributed by atoms with Crippen molar-refractivity contribution in [3.8, 4) is 6.07 Å². The lowest BCUT2D eigenvalue weighted by atomic mass is 10.2. The van der Waals surface area contributed by atoms with Crippen molar-refractivity contribution in [2.45, 2.75) is 45.0 Å². The molecule has 0 heterocycles. The number of nitriles is 1. The van der Waals surface area contributed by atoms with E-state index < -0.39 is 15.3 Å². The molecule has 0 bridgehead atoms. The second-order valence-electron chi connectivity index (χ2n) is 4.70. The fourth-order valence-electron chi connectivity index (χ4n) is 1.86. The third-order valence-electron chi connectivity index (χ3n) is 2.96. The van der Waals surface area contributed by atoms with Crippen LogP contribution in [-0.4, -0.2) is 24.0 Å². The van der Waals surface area contributed by atoms with Gasteiger partial charge in [0.25, 0.3) is 0 Å². The van der Waals surface area contributed by atoms with Crippen molar-refractivity contribution in [2.75, 3.05) is 0 Å². The Hall–Kier alpha value is -1.38. The zero-order valence-corrected chi connectivity index (χ0v) is 12.4. The normalized spacial score (nSPS) is 13.5. The van der Waals surface area contributed by atoms with E-state index in [1.807, 2.05) is 50.2 Å². The molecule has 0 N–H and O–H groups in total. The zero-order valence-electron chi connectivity index (χ0n) is 11.6. The Labute approximate surface area is 115 Å². The molecule has 1 aromatic rings. The second-order valence-corrected chi connectivity index (χ2v) is 6.76. The third-order valence-corrected chi connectivity index (χ3v) is 5.32. The molecule has 1 atom stereocenters. The van der Waals surface area contributed by atoms with Gasteiger partial charge in [-0.05, 0) is 25.8 Å². The maximum absolute atomic E-state index is 12.4. The summed E-state index contributed by atoms with van der Waals surface area (Å²) in [6.45, 7) is 5.67. The van der Waals surface area contributed by atoms with Gasteiger partial charge in [0, 0.05) is 12.6 Å². The van der Waals surface area contributed by atoms with Gasteiger partial charge in [0.2, 0.25) is 10.0 Å². The molecule has 19 heavy (non-hydrogen) atoms. The Morgan fingerprint density at radius 2 is 1.84 bits per heavy atom. The smallest absolute Gasteiger partial charge is 0.211 e. The van der Waals surface area contributed by atoms with Crippen LogP contribution in [0.5, 0.6) is 0 Å². The van der Waals surface area contributed by atoms with Crippen LogP contribution in [0.15, 0.2) is 30.3 Å². The fraction of sp³-hybridized carbons (Fsp3) is 0.500. The number of nitrogens with zero attached hydrogens (tertiary/aromatic N) is 2. The minimum Gasteiger partial charge on any atom is -0.211 e. The molecule has 0 saturated carbocycles. The fourth-order valence-corrected chi connectivity index (χ4v) is 3.66. The highest BCUT2D eigenvalue weighted by molar-refractivity contribution is 7.90. The minimum absolute atomic E-state index is 0.174. The number of rotatable bonds is 6. The maximum Gasteiger partial charge on any atom is 0.231 e. The Morgan fingerprint density at radius 1 is 1.26 bits per heavy atom. The topological polar surface area (TPSA) is 61.2 Å². The lowest BCUT2D eigenvalue weighted by Gasteiger charge is -2.27. The predicted octanol–water partition coefficient (Wildman–Crippen LogP) is 2.53. The molecule has 0 radical (unpaired) electrons. The molecule has 1 rings (SSSR count). The monoisotopic (exact) mass is 280 g/mol. The van der Waals surface area contributed by atoms with E-state index in [1.54, 1.807) is 6.92 Å². The highest BCUT2D eigenvalue weighted by atomic mass is 32.2. The molecule has 1 aromatic carbocycles. The summed E-state index contributed by atoms with van der Waals surface area (Å²) in [5.41, 5.74) is 0.924. The number of benzene rings is 1. The first-order valence-electron chi connectivity index (χ1n) is 6.37. The first-order chi connectivity index (χ1) is 8.93. The van der Waals surface area contributed by atoms with Crippen molar-refractivity contribution in [3.63, 3.8) is 0 Å². The molecule has 104 valence electrons. The van der Waals surface area contributed by atoms with Crippen molar-refractivity contribution in [2.24, 2.45) is 0 Å². The van der Waals surface area contributed by atoms with Gasteiger partial charge in [-0.1, -0.05) is 37.3 Å². The van der Waals surface area contributed by atoms with Gasteiger partial charge < -0.3 is 0 Å². The van der Waals surface area contributed by atoms with Crippen molar-refractivity contribution < 1.29 is 8.42 Å². The van der Waals surface area contributed by atoms with E-state index in [0.717, 1.165) is 5.56 Å². The van der Waals surface area contributed by atoms with Gasteiger partial charge in [0.1, 0.15) is 0 Å². The van der Waals surface area contributed by atoms with Crippen molar-refractivity contribution in [3.05, 3.63) is 35.9 Å². The van der Waals surface area contributed by atoms with E-state index >= 15 is 0 Å². The number of hydrogen-bond acceptors (Lipinski definition) is 3. The quantitative estimate of drug-likeness (QED) is 0.804. The Kier molecular flexibility index (Phi) is 5.52. The van der Waals surface area contributed by atoms with Gasteiger partial charge in [-0.25, -0.2) is 8.42 Å². The summed E-state index contributed by atoms with van der Waals surface area (Å²) in [6, 6.07) is 11.1. The van der Waals surface area contributed by atoms with Crippen LogP contribution >= 0.6 is 0 Å². The summed E-state index contributed by atoms with van der Waals surface area (Å²) in [7, 11) is -3.59. The average molecular weight is 280 g/mol. The van der Waals surface area contributed by atoms with E-state index in [2.05, 4.69) is 0 Å². The zero-order chi connectivity index (χ0) is 14.5. The second kappa shape index (κ2) is 6.69. The van der Waals surface area contributed by atoms with Crippen molar-refractivity contribution >= 4 is 10.0 Å². The molecule has 0 aliphatic heterocycles. The van der Waals surface area contributed by atoms with E-state index in [9.17, 15) is 8.42 Å². The first kappa shape index (κ1) is 15.7. The molecule has 0 aliphatic rings. The van der Waals surface area contributed by atoms with Crippen LogP contribution in [0.2, 0.25) is 0 Å². The molecule has 0 aromatic heterocycles. The van der Waals surface area contributed by atoms with Gasteiger partial charge in [-0.15, -0.1) is 0 Å². The summed E-state index contributed by atoms with van der Waals surface area (Å²) >= 11 is 0. The van der Waals surface area contributed by atoms with Crippen LogP contribution in [0, 0.1) is 11.3 Å². The van der Waals surface area contributed by atoms with Gasteiger partial charge in [-0.3, -0.25) is 0 Å². The van der Waals surface area contributed by atoms with E-state index in [1.165, 1.54) is 4.31 Å². The molecule has 0 aliphatic carbocycles. The first-order valence-corrected chi connectivity index (χ1v) is 7.88. The molecule has 0 amide bonds. The number of hydrogen-bond donors (Lipinski definition) is 0. The summed E-state index contributed by atoms with van der Waals surface area (Å²) in [5.74, 6) is 0. The average Bonchev–Trinajstić information content (AvgIpc) is 2.37. The molecule has 4 nitrogen and oxygen atoms in total. The maximum atomic E-state index is 12.4.